The third-order valence-corrected chi connectivity index (χ3v) is 3.18. The summed E-state index contributed by atoms with van der Waals surface area (Å²) in [5.41, 5.74) is 0.496. The Kier molecular flexibility index (Phi) is 4.09. The molecule has 91 valence electrons. The first-order valence-electron chi connectivity index (χ1n) is 5.34. The number of imide groups is 1. The third-order valence-electron chi connectivity index (χ3n) is 2.30. The highest BCUT2D eigenvalue weighted by atomic mass is 32.1. The number of urea groups is 1. The molecule has 0 saturated heterocycles. The Morgan fingerprint density at radius 1 is 1.22 bits per heavy atom. The topological polar surface area (TPSA) is 49.4 Å². The van der Waals surface area contributed by atoms with Crippen LogP contribution >= 0.6 is 11.3 Å². The molecule has 2 aromatic rings. The number of benzene rings is 1. The minimum absolute atomic E-state index is 0.404. The minimum atomic E-state index is -0.482. The van der Waals surface area contributed by atoms with Gasteiger partial charge in [-0.1, -0.05) is 24.3 Å². The standard InChI is InChI=1S/C13H11N2O2S/c16-10-15(11-5-2-1-3-6-11)13(17)14-9-12-7-4-8-18-12/h1-8H,9H2,(H,14,17). The second kappa shape index (κ2) is 5.97. The Hall–Kier alpha value is -2.14. The Bertz CT molecular complexity index is 511. The number of hydrogen-bond donors (Lipinski definition) is 1. The van der Waals surface area contributed by atoms with Crippen LogP contribution in [0.2, 0.25) is 0 Å². The molecule has 0 unspecified atom stereocenters. The molecular formula is C13H11N2O2S. The van der Waals surface area contributed by atoms with E-state index in [0.717, 1.165) is 9.78 Å². The van der Waals surface area contributed by atoms with Crippen molar-refractivity contribution in [2.24, 2.45) is 0 Å². The molecule has 1 aromatic carbocycles. The highest BCUT2D eigenvalue weighted by molar-refractivity contribution is 7.09. The first-order valence-corrected chi connectivity index (χ1v) is 6.22. The van der Waals surface area contributed by atoms with Crippen LogP contribution in [0, 0.1) is 0 Å². The molecule has 1 aromatic heterocycles. The zero-order chi connectivity index (χ0) is 12.8. The van der Waals surface area contributed by atoms with Gasteiger partial charge in [0.15, 0.2) is 0 Å². The van der Waals surface area contributed by atoms with Gasteiger partial charge >= 0.3 is 12.4 Å². The number of nitrogens with one attached hydrogen (secondary N) is 1. The molecule has 5 heteroatoms. The van der Waals surface area contributed by atoms with Crippen molar-refractivity contribution in [3.8, 4) is 0 Å². The van der Waals surface area contributed by atoms with Gasteiger partial charge in [0, 0.05) is 4.88 Å². The largest absolute Gasteiger partial charge is 0.332 e. The fourth-order valence-corrected chi connectivity index (χ4v) is 2.09. The maximum atomic E-state index is 11.8. The molecule has 0 fully saturated rings. The Morgan fingerprint density at radius 2 is 2.00 bits per heavy atom. The minimum Gasteiger partial charge on any atom is -0.332 e. The summed E-state index contributed by atoms with van der Waals surface area (Å²) >= 11 is 1.55. The van der Waals surface area contributed by atoms with Gasteiger partial charge in [0.2, 0.25) is 0 Å². The van der Waals surface area contributed by atoms with Crippen molar-refractivity contribution in [3.63, 3.8) is 0 Å². The first-order chi connectivity index (χ1) is 8.81. The van der Waals surface area contributed by atoms with Crippen molar-refractivity contribution < 1.29 is 9.59 Å². The number of para-hydroxylation sites is 1. The van der Waals surface area contributed by atoms with Crippen LogP contribution in [0.1, 0.15) is 4.88 Å². The number of thiophene rings is 1. The summed E-state index contributed by atoms with van der Waals surface area (Å²) in [6, 6.07) is 12.0. The number of carbonyl (C=O) groups excluding carboxylic acids is 2. The van der Waals surface area contributed by atoms with Gasteiger partial charge in [-0.15, -0.1) is 11.3 Å². The molecule has 3 amide bonds. The van der Waals surface area contributed by atoms with E-state index in [1.807, 2.05) is 23.6 Å². The lowest BCUT2D eigenvalue weighted by Gasteiger charge is -2.14. The van der Waals surface area contributed by atoms with Gasteiger partial charge in [-0.05, 0) is 23.6 Å². The maximum Gasteiger partial charge on any atom is 0.329 e. The average molecular weight is 259 g/mol. The number of anilines is 1. The summed E-state index contributed by atoms with van der Waals surface area (Å²) in [6.07, 6.45) is 1.62. The van der Waals surface area contributed by atoms with Gasteiger partial charge < -0.3 is 5.32 Å². The van der Waals surface area contributed by atoms with E-state index in [0.29, 0.717) is 12.2 Å². The number of amides is 3. The van der Waals surface area contributed by atoms with Crippen molar-refractivity contribution in [3.05, 3.63) is 52.7 Å². The monoisotopic (exact) mass is 259 g/mol. The summed E-state index contributed by atoms with van der Waals surface area (Å²) in [6.45, 7) is 0.404. The van der Waals surface area contributed by atoms with Gasteiger partial charge in [-0.2, -0.15) is 0 Å². The second-order valence-corrected chi connectivity index (χ2v) is 4.53. The highest BCUT2D eigenvalue weighted by Crippen LogP contribution is 2.12. The van der Waals surface area contributed by atoms with E-state index in [1.54, 1.807) is 42.0 Å². The molecular weight excluding hydrogens is 248 g/mol. The van der Waals surface area contributed by atoms with Crippen LogP contribution in [-0.2, 0) is 11.3 Å². The normalized spacial score (nSPS) is 9.78. The van der Waals surface area contributed by atoms with Crippen LogP contribution in [0.25, 0.3) is 0 Å². The number of hydrogen-bond acceptors (Lipinski definition) is 3. The molecule has 0 aliphatic heterocycles. The Morgan fingerprint density at radius 3 is 2.61 bits per heavy atom. The molecule has 2 rings (SSSR count). The van der Waals surface area contributed by atoms with Crippen LogP contribution < -0.4 is 10.2 Å². The van der Waals surface area contributed by atoms with E-state index in [2.05, 4.69) is 5.32 Å². The molecule has 0 bridgehead atoms. The van der Waals surface area contributed by atoms with Crippen molar-refractivity contribution in [1.82, 2.24) is 5.32 Å². The average Bonchev–Trinajstić information content (AvgIpc) is 2.92. The summed E-state index contributed by atoms with van der Waals surface area (Å²) in [5, 5.41) is 4.60. The summed E-state index contributed by atoms with van der Waals surface area (Å²) in [7, 11) is 0. The molecule has 0 aliphatic carbocycles. The zero-order valence-electron chi connectivity index (χ0n) is 9.50. The van der Waals surface area contributed by atoms with E-state index >= 15 is 0 Å². The van der Waals surface area contributed by atoms with Crippen molar-refractivity contribution in [2.45, 2.75) is 6.54 Å². The third kappa shape index (κ3) is 2.95. The number of nitrogens with zero attached hydrogens (tertiary/aromatic N) is 1. The first kappa shape index (κ1) is 12.3. The molecule has 0 atom stereocenters. The lowest BCUT2D eigenvalue weighted by atomic mass is 10.3. The van der Waals surface area contributed by atoms with Gasteiger partial charge in [0.05, 0.1) is 12.2 Å². The molecule has 0 aliphatic rings. The van der Waals surface area contributed by atoms with Gasteiger partial charge in [-0.25, -0.2) is 9.69 Å². The van der Waals surface area contributed by atoms with E-state index in [1.165, 1.54) is 0 Å². The lowest BCUT2D eigenvalue weighted by molar-refractivity contribution is 0.248. The molecule has 1 heterocycles. The maximum absolute atomic E-state index is 11.8. The summed E-state index contributed by atoms with van der Waals surface area (Å²) in [4.78, 5) is 24.6. The molecule has 1 N–H and O–H groups in total. The van der Waals surface area contributed by atoms with Crippen molar-refractivity contribution in [1.29, 1.82) is 0 Å². The van der Waals surface area contributed by atoms with Gasteiger partial charge in [0.1, 0.15) is 0 Å². The van der Waals surface area contributed by atoms with E-state index < -0.39 is 6.03 Å². The van der Waals surface area contributed by atoms with E-state index in [9.17, 15) is 9.59 Å². The fourth-order valence-electron chi connectivity index (χ4n) is 1.44. The van der Waals surface area contributed by atoms with Crippen molar-refractivity contribution >= 4 is 29.5 Å². The molecule has 18 heavy (non-hydrogen) atoms. The van der Waals surface area contributed by atoms with Crippen LogP contribution in [0.4, 0.5) is 10.5 Å². The quantitative estimate of drug-likeness (QED) is 0.858. The van der Waals surface area contributed by atoms with E-state index in [-0.39, 0.29) is 0 Å². The van der Waals surface area contributed by atoms with Gasteiger partial charge in [-0.3, -0.25) is 4.79 Å². The molecule has 0 saturated carbocycles. The van der Waals surface area contributed by atoms with Crippen LogP contribution in [-0.4, -0.2) is 12.4 Å². The van der Waals surface area contributed by atoms with Crippen LogP contribution in [0.15, 0.2) is 47.8 Å². The zero-order valence-corrected chi connectivity index (χ0v) is 10.3. The highest BCUT2D eigenvalue weighted by Gasteiger charge is 2.15. The lowest BCUT2D eigenvalue weighted by Crippen LogP contribution is -2.38. The van der Waals surface area contributed by atoms with Crippen LogP contribution in [0.5, 0.6) is 0 Å². The fraction of sp³-hybridized carbons (Fsp3) is 0.0769. The molecule has 0 spiro atoms. The predicted molar refractivity (Wildman–Crippen MR) is 71.2 cm³/mol. The summed E-state index contributed by atoms with van der Waals surface area (Å²) in [5.74, 6) is 0. The number of rotatable bonds is 4. The summed E-state index contributed by atoms with van der Waals surface area (Å²) < 4.78 is 0. The predicted octanol–water partition coefficient (Wildman–Crippen LogP) is 2.53. The van der Waals surface area contributed by atoms with Crippen molar-refractivity contribution in [2.75, 3.05) is 4.90 Å². The second-order valence-electron chi connectivity index (χ2n) is 3.50. The van der Waals surface area contributed by atoms with Crippen LogP contribution in [0.3, 0.4) is 0 Å². The smallest absolute Gasteiger partial charge is 0.329 e. The Labute approximate surface area is 109 Å². The number of carbonyl (C=O) groups is 1. The SMILES string of the molecule is O=[C]N(C(=O)NCc1cccs1)c1ccccc1. The van der Waals surface area contributed by atoms with Gasteiger partial charge in [0.25, 0.3) is 0 Å². The molecule has 4 nitrogen and oxygen atoms in total. The molecule has 1 radical (unpaired) electrons. The Balaban J connectivity index is 2.00. The van der Waals surface area contributed by atoms with E-state index in [4.69, 9.17) is 0 Å².